The van der Waals surface area contributed by atoms with Crippen molar-refractivity contribution in [1.29, 1.82) is 0 Å². The van der Waals surface area contributed by atoms with Crippen LogP contribution in [0.4, 0.5) is 5.82 Å². The molecule has 0 aliphatic rings. The maximum absolute atomic E-state index is 12.8. The Morgan fingerprint density at radius 2 is 1.85 bits per heavy atom. The number of pyridine rings is 1. The van der Waals surface area contributed by atoms with Gasteiger partial charge in [0.1, 0.15) is 17.9 Å². The Kier molecular flexibility index (Phi) is 6.68. The minimum atomic E-state index is -3.62. The Bertz CT molecular complexity index is 1880. The van der Waals surface area contributed by atoms with E-state index in [1.54, 1.807) is 35.6 Å². The molecule has 3 heterocycles. The molecule has 0 atom stereocenters. The van der Waals surface area contributed by atoms with E-state index in [9.17, 15) is 8.42 Å². The third-order valence-corrected chi connectivity index (χ3v) is 9.29. The number of anilines is 1. The number of fused-ring (bicyclic) bond motifs is 4. The molecule has 0 unspecified atom stereocenters. The third-order valence-electron chi connectivity index (χ3n) is 6.58. The number of nitrogens with zero attached hydrogens (tertiary/aromatic N) is 2. The fourth-order valence-corrected chi connectivity index (χ4v) is 6.62. The van der Waals surface area contributed by atoms with Crippen LogP contribution in [0.5, 0.6) is 5.75 Å². The largest absolute Gasteiger partial charge is 0.489 e. The van der Waals surface area contributed by atoms with Gasteiger partial charge in [0.25, 0.3) is 0 Å². The van der Waals surface area contributed by atoms with Crippen LogP contribution < -0.4 is 15.2 Å². The summed E-state index contributed by atoms with van der Waals surface area (Å²) < 4.78 is 35.3. The second kappa shape index (κ2) is 10.3. The standard InChI is InChI=1S/C29H27N5O3S2/c1-2-26-34-27-28(38-26)23-12-9-21(16-25(23)33-29(27)30)37-17-18-7-10-22(11-8-18)39(35,36)31-14-13-20-15-19-5-3-4-6-24(19)32-20/h3-12,15-16,31-32H,2,13-14,17H2,1H3,(H2,30,33). The summed E-state index contributed by atoms with van der Waals surface area (Å²) in [5.41, 5.74) is 10.6. The molecule has 0 aliphatic heterocycles. The Labute approximate surface area is 229 Å². The molecule has 0 amide bonds. The number of aromatic amines is 1. The van der Waals surface area contributed by atoms with E-state index in [0.29, 0.717) is 24.5 Å². The summed E-state index contributed by atoms with van der Waals surface area (Å²) in [4.78, 5) is 12.7. The number of nitrogen functional groups attached to an aromatic ring is 1. The van der Waals surface area contributed by atoms with Gasteiger partial charge in [0.05, 0.1) is 20.1 Å². The highest BCUT2D eigenvalue weighted by atomic mass is 32.2. The molecule has 10 heteroatoms. The lowest BCUT2D eigenvalue weighted by molar-refractivity contribution is 0.306. The highest BCUT2D eigenvalue weighted by Gasteiger charge is 2.15. The minimum absolute atomic E-state index is 0.216. The molecule has 0 spiro atoms. The van der Waals surface area contributed by atoms with Crippen LogP contribution in [0, 0.1) is 0 Å². The van der Waals surface area contributed by atoms with E-state index in [1.165, 1.54) is 0 Å². The number of hydrogen-bond donors (Lipinski definition) is 3. The van der Waals surface area contributed by atoms with Crippen molar-refractivity contribution in [3.63, 3.8) is 0 Å². The topological polar surface area (TPSA) is 123 Å². The van der Waals surface area contributed by atoms with Crippen LogP contribution in [0.15, 0.2) is 77.7 Å². The number of nitrogens with two attached hydrogens (primary N) is 1. The van der Waals surface area contributed by atoms with E-state index in [-0.39, 0.29) is 11.5 Å². The van der Waals surface area contributed by atoms with Crippen molar-refractivity contribution in [3.8, 4) is 5.75 Å². The average molecular weight is 558 g/mol. The van der Waals surface area contributed by atoms with Gasteiger partial charge >= 0.3 is 0 Å². The molecule has 0 aliphatic carbocycles. The van der Waals surface area contributed by atoms with E-state index >= 15 is 0 Å². The highest BCUT2D eigenvalue weighted by Crippen LogP contribution is 2.34. The number of sulfonamides is 1. The Hall–Kier alpha value is -3.99. The molecule has 4 N–H and O–H groups in total. The third kappa shape index (κ3) is 5.18. The van der Waals surface area contributed by atoms with Gasteiger partial charge in [-0.3, -0.25) is 0 Å². The lowest BCUT2D eigenvalue weighted by Gasteiger charge is -2.10. The smallest absolute Gasteiger partial charge is 0.240 e. The zero-order valence-electron chi connectivity index (χ0n) is 21.3. The van der Waals surface area contributed by atoms with Crippen LogP contribution in [0.1, 0.15) is 23.2 Å². The lowest BCUT2D eigenvalue weighted by Crippen LogP contribution is -2.26. The van der Waals surface area contributed by atoms with Gasteiger partial charge in [-0.25, -0.2) is 23.1 Å². The molecule has 6 rings (SSSR count). The van der Waals surface area contributed by atoms with Gasteiger partial charge in [0.15, 0.2) is 5.82 Å². The first kappa shape index (κ1) is 25.3. The van der Waals surface area contributed by atoms with Crippen molar-refractivity contribution in [2.45, 2.75) is 31.3 Å². The van der Waals surface area contributed by atoms with Crippen LogP contribution in [0.25, 0.3) is 32.0 Å². The summed E-state index contributed by atoms with van der Waals surface area (Å²) >= 11 is 1.64. The maximum atomic E-state index is 12.8. The fraction of sp³-hybridized carbons (Fsp3) is 0.172. The van der Waals surface area contributed by atoms with Gasteiger partial charge in [-0.05, 0) is 53.8 Å². The second-order valence-corrected chi connectivity index (χ2v) is 12.1. The molecule has 3 aromatic carbocycles. The molecule has 0 fully saturated rings. The van der Waals surface area contributed by atoms with Crippen molar-refractivity contribution in [2.75, 3.05) is 12.3 Å². The van der Waals surface area contributed by atoms with E-state index in [2.05, 4.69) is 26.6 Å². The number of benzene rings is 3. The van der Waals surface area contributed by atoms with Crippen LogP contribution in [-0.4, -0.2) is 29.9 Å². The average Bonchev–Trinajstić information content (AvgIpc) is 3.57. The summed E-state index contributed by atoms with van der Waals surface area (Å²) in [5, 5.41) is 3.14. The van der Waals surface area contributed by atoms with Crippen LogP contribution in [0.2, 0.25) is 0 Å². The van der Waals surface area contributed by atoms with Crippen molar-refractivity contribution >= 4 is 59.2 Å². The van der Waals surface area contributed by atoms with Gasteiger partial charge in [0.2, 0.25) is 10.0 Å². The summed E-state index contributed by atoms with van der Waals surface area (Å²) in [6.07, 6.45) is 1.42. The minimum Gasteiger partial charge on any atom is -0.489 e. The second-order valence-electron chi connectivity index (χ2n) is 9.28. The quantitative estimate of drug-likeness (QED) is 0.214. The van der Waals surface area contributed by atoms with E-state index < -0.39 is 10.0 Å². The number of hydrogen-bond acceptors (Lipinski definition) is 7. The van der Waals surface area contributed by atoms with Crippen molar-refractivity contribution in [2.24, 2.45) is 0 Å². The van der Waals surface area contributed by atoms with Gasteiger partial charge < -0.3 is 15.5 Å². The number of rotatable bonds is 9. The monoisotopic (exact) mass is 557 g/mol. The normalized spacial score (nSPS) is 12.0. The number of thiazole rings is 1. The molecule has 6 aromatic rings. The predicted molar refractivity (Wildman–Crippen MR) is 157 cm³/mol. The lowest BCUT2D eigenvalue weighted by atomic mass is 10.2. The highest BCUT2D eigenvalue weighted by molar-refractivity contribution is 7.89. The zero-order valence-corrected chi connectivity index (χ0v) is 22.9. The van der Waals surface area contributed by atoms with E-state index in [0.717, 1.165) is 54.7 Å². The SMILES string of the molecule is CCc1nc2c(N)nc3cc(OCc4ccc(S(=O)(=O)NCCc5cc6ccccc6[nH]5)cc4)ccc3c2s1. The van der Waals surface area contributed by atoms with E-state index in [4.69, 9.17) is 10.5 Å². The molecular formula is C29H27N5O3S2. The Morgan fingerprint density at radius 3 is 2.64 bits per heavy atom. The van der Waals surface area contributed by atoms with Crippen molar-refractivity contribution in [3.05, 3.63) is 89.1 Å². The first-order valence-corrected chi connectivity index (χ1v) is 15.0. The molecular weight excluding hydrogens is 530 g/mol. The number of para-hydroxylation sites is 1. The van der Waals surface area contributed by atoms with Crippen LogP contribution >= 0.6 is 11.3 Å². The van der Waals surface area contributed by atoms with Crippen LogP contribution in [0.3, 0.4) is 0 Å². The number of aromatic nitrogens is 3. The van der Waals surface area contributed by atoms with Gasteiger partial charge in [0, 0.05) is 35.6 Å². The first-order chi connectivity index (χ1) is 18.9. The molecule has 0 saturated heterocycles. The van der Waals surface area contributed by atoms with E-state index in [1.807, 2.05) is 48.5 Å². The molecule has 0 saturated carbocycles. The molecule has 0 radical (unpaired) electrons. The van der Waals surface area contributed by atoms with Crippen LogP contribution in [-0.2, 0) is 29.5 Å². The Morgan fingerprint density at radius 1 is 1.03 bits per heavy atom. The zero-order chi connectivity index (χ0) is 27.0. The van der Waals surface area contributed by atoms with Crippen molar-refractivity contribution < 1.29 is 13.2 Å². The maximum Gasteiger partial charge on any atom is 0.240 e. The number of ether oxygens (including phenoxy) is 1. The number of H-pyrrole nitrogens is 1. The summed E-state index contributed by atoms with van der Waals surface area (Å²) in [6.45, 7) is 2.66. The van der Waals surface area contributed by atoms with Gasteiger partial charge in [-0.1, -0.05) is 37.3 Å². The van der Waals surface area contributed by atoms with Crippen molar-refractivity contribution in [1.82, 2.24) is 19.7 Å². The molecule has 198 valence electrons. The fourth-order valence-electron chi connectivity index (χ4n) is 4.54. The molecule has 8 nitrogen and oxygen atoms in total. The summed E-state index contributed by atoms with van der Waals surface area (Å²) in [6, 6.07) is 22.5. The molecule has 3 aromatic heterocycles. The summed E-state index contributed by atoms with van der Waals surface area (Å²) in [7, 11) is -3.62. The predicted octanol–water partition coefficient (Wildman–Crippen LogP) is 5.57. The molecule has 0 bridgehead atoms. The molecule has 39 heavy (non-hydrogen) atoms. The number of nitrogens with one attached hydrogen (secondary N) is 2. The van der Waals surface area contributed by atoms with Gasteiger partial charge in [-0.2, -0.15) is 0 Å². The Balaban J connectivity index is 1.09. The summed E-state index contributed by atoms with van der Waals surface area (Å²) in [5.74, 6) is 1.07. The van der Waals surface area contributed by atoms with Gasteiger partial charge in [-0.15, -0.1) is 11.3 Å². The first-order valence-electron chi connectivity index (χ1n) is 12.7. The number of aryl methyl sites for hydroxylation is 1.